The average Bonchev–Trinajstić information content (AvgIpc) is 2.94. The fourth-order valence-corrected chi connectivity index (χ4v) is 3.15. The largest absolute Gasteiger partial charge is 0.293 e. The number of aromatic nitrogens is 3. The molecule has 0 radical (unpaired) electrons. The maximum atomic E-state index is 6.17. The molecule has 1 atom stereocenters. The Balaban J connectivity index is 2.39. The minimum atomic E-state index is 0.263. The minimum absolute atomic E-state index is 0.263. The van der Waals surface area contributed by atoms with Crippen molar-refractivity contribution in [2.45, 2.75) is 39.2 Å². The molecule has 2 heterocycles. The van der Waals surface area contributed by atoms with Gasteiger partial charge in [0.25, 0.3) is 0 Å². The highest BCUT2D eigenvalue weighted by Gasteiger charge is 2.20. The summed E-state index contributed by atoms with van der Waals surface area (Å²) in [6, 6.07) is 4.48. The van der Waals surface area contributed by atoms with E-state index in [4.69, 9.17) is 11.6 Å². The Hall–Kier alpha value is -0.870. The lowest BCUT2D eigenvalue weighted by Gasteiger charge is -2.17. The van der Waals surface area contributed by atoms with Gasteiger partial charge in [-0.3, -0.25) is 4.57 Å². The molecule has 2 aromatic heterocycles. The molecule has 0 aromatic carbocycles. The lowest BCUT2D eigenvalue weighted by molar-refractivity contribution is 0.546. The molecule has 0 amide bonds. The van der Waals surface area contributed by atoms with E-state index >= 15 is 0 Å². The zero-order valence-electron chi connectivity index (χ0n) is 10.1. The van der Waals surface area contributed by atoms with E-state index in [1.165, 1.54) is 4.88 Å². The van der Waals surface area contributed by atoms with E-state index in [9.17, 15) is 0 Å². The second-order valence-electron chi connectivity index (χ2n) is 3.94. The maximum Gasteiger partial charge on any atom is 0.225 e. The summed E-state index contributed by atoms with van der Waals surface area (Å²) in [4.78, 5) is 1.31. The van der Waals surface area contributed by atoms with Crippen molar-refractivity contribution in [2.75, 3.05) is 0 Å². The van der Waals surface area contributed by atoms with Crippen LogP contribution in [0.2, 0.25) is 5.28 Å². The van der Waals surface area contributed by atoms with Crippen LogP contribution < -0.4 is 0 Å². The fourth-order valence-electron chi connectivity index (χ4n) is 2.00. The Kier molecular flexibility index (Phi) is 4.18. The molecule has 2 rings (SSSR count). The molecular weight excluding hydrogens is 254 g/mol. The average molecular weight is 270 g/mol. The normalized spacial score (nSPS) is 12.9. The quantitative estimate of drug-likeness (QED) is 0.823. The van der Waals surface area contributed by atoms with Gasteiger partial charge in [0.1, 0.15) is 5.82 Å². The predicted molar refractivity (Wildman–Crippen MR) is 71.8 cm³/mol. The topological polar surface area (TPSA) is 30.7 Å². The van der Waals surface area contributed by atoms with Crippen LogP contribution in [0.25, 0.3) is 0 Å². The van der Waals surface area contributed by atoms with Gasteiger partial charge in [-0.25, -0.2) is 0 Å². The SMILES string of the molecule is CCCc1nnc(Cl)n1C(CC)c1cccs1. The van der Waals surface area contributed by atoms with Crippen LogP contribution in [0.15, 0.2) is 17.5 Å². The van der Waals surface area contributed by atoms with E-state index in [0.717, 1.165) is 25.1 Å². The number of hydrogen-bond donors (Lipinski definition) is 0. The monoisotopic (exact) mass is 269 g/mol. The van der Waals surface area contributed by atoms with Gasteiger partial charge in [-0.05, 0) is 35.9 Å². The molecule has 3 nitrogen and oxygen atoms in total. The first-order chi connectivity index (χ1) is 8.27. The van der Waals surface area contributed by atoms with Crippen LogP contribution in [-0.4, -0.2) is 14.8 Å². The summed E-state index contributed by atoms with van der Waals surface area (Å²) in [7, 11) is 0. The van der Waals surface area contributed by atoms with Crippen LogP contribution in [0, 0.1) is 0 Å². The Morgan fingerprint density at radius 2 is 2.24 bits per heavy atom. The van der Waals surface area contributed by atoms with Gasteiger partial charge in [0.05, 0.1) is 6.04 Å². The van der Waals surface area contributed by atoms with Gasteiger partial charge in [-0.15, -0.1) is 21.5 Å². The highest BCUT2D eigenvalue weighted by Crippen LogP contribution is 2.29. The van der Waals surface area contributed by atoms with Gasteiger partial charge in [0, 0.05) is 11.3 Å². The van der Waals surface area contributed by atoms with E-state index < -0.39 is 0 Å². The highest BCUT2D eigenvalue weighted by atomic mass is 35.5. The first-order valence-corrected chi connectivity index (χ1v) is 7.16. The fraction of sp³-hybridized carbons (Fsp3) is 0.500. The van der Waals surface area contributed by atoms with Crippen LogP contribution >= 0.6 is 22.9 Å². The zero-order chi connectivity index (χ0) is 12.3. The molecule has 0 aliphatic carbocycles. The summed E-state index contributed by atoms with van der Waals surface area (Å²) in [6.45, 7) is 4.30. The molecule has 0 fully saturated rings. The van der Waals surface area contributed by atoms with E-state index in [2.05, 4.69) is 46.1 Å². The van der Waals surface area contributed by atoms with E-state index in [0.29, 0.717) is 5.28 Å². The van der Waals surface area contributed by atoms with E-state index in [1.807, 2.05) is 0 Å². The van der Waals surface area contributed by atoms with Crippen LogP contribution in [0.5, 0.6) is 0 Å². The van der Waals surface area contributed by atoms with Crippen molar-refractivity contribution in [1.29, 1.82) is 0 Å². The van der Waals surface area contributed by atoms with Gasteiger partial charge in [0.15, 0.2) is 0 Å². The van der Waals surface area contributed by atoms with Crippen LogP contribution in [0.4, 0.5) is 0 Å². The molecule has 92 valence electrons. The third kappa shape index (κ3) is 2.53. The maximum absolute atomic E-state index is 6.17. The summed E-state index contributed by atoms with van der Waals surface area (Å²) < 4.78 is 2.07. The molecule has 0 bridgehead atoms. The van der Waals surface area contributed by atoms with Crippen molar-refractivity contribution in [3.63, 3.8) is 0 Å². The van der Waals surface area contributed by atoms with Crippen molar-refractivity contribution in [3.8, 4) is 0 Å². The van der Waals surface area contributed by atoms with Crippen LogP contribution in [-0.2, 0) is 6.42 Å². The lowest BCUT2D eigenvalue weighted by Crippen LogP contribution is -2.12. The molecule has 0 saturated carbocycles. The first kappa shape index (κ1) is 12.6. The summed E-state index contributed by atoms with van der Waals surface area (Å²) in [5.41, 5.74) is 0. The number of hydrogen-bond acceptors (Lipinski definition) is 3. The Labute approximate surface area is 110 Å². The molecule has 5 heteroatoms. The molecule has 0 aliphatic heterocycles. The second kappa shape index (κ2) is 5.65. The molecule has 17 heavy (non-hydrogen) atoms. The summed E-state index contributed by atoms with van der Waals surface area (Å²) >= 11 is 7.92. The van der Waals surface area contributed by atoms with Crippen molar-refractivity contribution < 1.29 is 0 Å². The van der Waals surface area contributed by atoms with Crippen molar-refractivity contribution in [2.24, 2.45) is 0 Å². The Morgan fingerprint density at radius 3 is 2.82 bits per heavy atom. The molecule has 2 aromatic rings. The number of halogens is 1. The van der Waals surface area contributed by atoms with Gasteiger partial charge >= 0.3 is 0 Å². The van der Waals surface area contributed by atoms with Gasteiger partial charge < -0.3 is 0 Å². The minimum Gasteiger partial charge on any atom is -0.293 e. The van der Waals surface area contributed by atoms with E-state index in [-0.39, 0.29) is 6.04 Å². The molecule has 1 unspecified atom stereocenters. The standard InChI is InChI=1S/C12H16ClN3S/c1-3-6-11-14-15-12(13)16(11)9(4-2)10-7-5-8-17-10/h5,7-9H,3-4,6H2,1-2H3. The van der Waals surface area contributed by atoms with Gasteiger partial charge in [-0.1, -0.05) is 19.9 Å². The van der Waals surface area contributed by atoms with Crippen LogP contribution in [0.3, 0.4) is 0 Å². The summed E-state index contributed by atoms with van der Waals surface area (Å²) in [5.74, 6) is 0.984. The summed E-state index contributed by atoms with van der Waals surface area (Å²) in [5, 5.41) is 10.8. The number of aryl methyl sites for hydroxylation is 1. The van der Waals surface area contributed by atoms with Crippen LogP contribution in [0.1, 0.15) is 43.4 Å². The molecular formula is C12H16ClN3S. The Bertz CT molecular complexity index is 464. The second-order valence-corrected chi connectivity index (χ2v) is 5.26. The molecule has 0 spiro atoms. The number of rotatable bonds is 5. The smallest absolute Gasteiger partial charge is 0.225 e. The lowest BCUT2D eigenvalue weighted by atomic mass is 10.1. The van der Waals surface area contributed by atoms with E-state index in [1.54, 1.807) is 11.3 Å². The van der Waals surface area contributed by atoms with Crippen molar-refractivity contribution >= 4 is 22.9 Å². The summed E-state index contributed by atoms with van der Waals surface area (Å²) in [6.07, 6.45) is 2.96. The molecule has 0 N–H and O–H groups in total. The molecule has 0 aliphatic rings. The molecule has 0 saturated heterocycles. The number of thiophene rings is 1. The number of nitrogens with zero attached hydrogens (tertiary/aromatic N) is 3. The third-order valence-corrected chi connectivity index (χ3v) is 4.00. The van der Waals surface area contributed by atoms with Gasteiger partial charge in [0.2, 0.25) is 5.28 Å². The predicted octanol–water partition coefficient (Wildman–Crippen LogP) is 3.94. The van der Waals surface area contributed by atoms with Crippen molar-refractivity contribution in [1.82, 2.24) is 14.8 Å². The van der Waals surface area contributed by atoms with Gasteiger partial charge in [-0.2, -0.15) is 0 Å². The Morgan fingerprint density at radius 1 is 1.41 bits per heavy atom. The first-order valence-electron chi connectivity index (χ1n) is 5.90. The third-order valence-electron chi connectivity index (χ3n) is 2.77. The van der Waals surface area contributed by atoms with Crippen molar-refractivity contribution in [3.05, 3.63) is 33.5 Å². The zero-order valence-corrected chi connectivity index (χ0v) is 11.6. The highest BCUT2D eigenvalue weighted by molar-refractivity contribution is 7.10.